The van der Waals surface area contributed by atoms with Crippen LogP contribution in [-0.2, 0) is 19.1 Å². The molecule has 1 aliphatic heterocycles. The topological polar surface area (TPSA) is 114 Å². The van der Waals surface area contributed by atoms with Gasteiger partial charge in [0.05, 0.1) is 30.5 Å². The lowest BCUT2D eigenvalue weighted by atomic mass is 10.2. The van der Waals surface area contributed by atoms with Crippen LogP contribution < -0.4 is 5.32 Å². The van der Waals surface area contributed by atoms with Crippen molar-refractivity contribution in [1.82, 2.24) is 4.90 Å². The SMILES string of the molecule is CCOC(=O)c1ccc(NC(=O)C2CC(=O)N(CC)C(=Nc3ccc(C(=O)OC)cc3)S2)cc1. The third kappa shape index (κ3) is 6.02. The molecule has 34 heavy (non-hydrogen) atoms. The summed E-state index contributed by atoms with van der Waals surface area (Å²) < 4.78 is 9.65. The summed E-state index contributed by atoms with van der Waals surface area (Å²) in [6.07, 6.45) is 0.0333. The number of amides is 2. The van der Waals surface area contributed by atoms with Crippen LogP contribution in [0.1, 0.15) is 41.0 Å². The number of rotatable bonds is 7. The molecule has 0 saturated carbocycles. The van der Waals surface area contributed by atoms with E-state index in [1.807, 2.05) is 6.92 Å². The molecular weight excluding hydrogens is 458 g/mol. The number of carbonyl (C=O) groups excluding carboxylic acids is 4. The maximum Gasteiger partial charge on any atom is 0.338 e. The van der Waals surface area contributed by atoms with Crippen molar-refractivity contribution in [2.45, 2.75) is 25.5 Å². The number of hydrogen-bond acceptors (Lipinski definition) is 8. The van der Waals surface area contributed by atoms with Gasteiger partial charge < -0.3 is 14.8 Å². The van der Waals surface area contributed by atoms with E-state index in [-0.39, 0.29) is 24.8 Å². The average molecular weight is 484 g/mol. The normalized spacial score (nSPS) is 16.8. The molecule has 1 saturated heterocycles. The van der Waals surface area contributed by atoms with Crippen molar-refractivity contribution in [2.75, 3.05) is 25.6 Å². The zero-order valence-electron chi connectivity index (χ0n) is 19.1. The second-order valence-electron chi connectivity index (χ2n) is 7.17. The number of carbonyl (C=O) groups is 4. The van der Waals surface area contributed by atoms with E-state index in [1.54, 1.807) is 55.5 Å². The maximum absolute atomic E-state index is 12.9. The van der Waals surface area contributed by atoms with Gasteiger partial charge in [0, 0.05) is 18.7 Å². The van der Waals surface area contributed by atoms with Crippen molar-refractivity contribution >= 4 is 52.1 Å². The summed E-state index contributed by atoms with van der Waals surface area (Å²) in [5.41, 5.74) is 1.81. The van der Waals surface area contributed by atoms with Gasteiger partial charge in [0.2, 0.25) is 11.8 Å². The Morgan fingerprint density at radius 1 is 1.03 bits per heavy atom. The van der Waals surface area contributed by atoms with Crippen molar-refractivity contribution in [2.24, 2.45) is 4.99 Å². The fourth-order valence-electron chi connectivity index (χ4n) is 3.18. The molecule has 2 amide bonds. The van der Waals surface area contributed by atoms with Crippen LogP contribution in [0.4, 0.5) is 11.4 Å². The van der Waals surface area contributed by atoms with Crippen LogP contribution in [0.15, 0.2) is 53.5 Å². The van der Waals surface area contributed by atoms with E-state index in [0.29, 0.717) is 34.2 Å². The molecule has 1 heterocycles. The van der Waals surface area contributed by atoms with E-state index >= 15 is 0 Å². The lowest BCUT2D eigenvalue weighted by Gasteiger charge is -2.30. The minimum atomic E-state index is -0.673. The number of anilines is 1. The molecule has 1 unspecified atom stereocenters. The molecule has 0 bridgehead atoms. The Hall–Kier alpha value is -3.66. The predicted molar refractivity (Wildman–Crippen MR) is 129 cm³/mol. The quantitative estimate of drug-likeness (QED) is 0.598. The summed E-state index contributed by atoms with van der Waals surface area (Å²) in [6.45, 7) is 4.25. The Balaban J connectivity index is 1.74. The van der Waals surface area contributed by atoms with Gasteiger partial charge >= 0.3 is 11.9 Å². The van der Waals surface area contributed by atoms with Crippen molar-refractivity contribution in [3.8, 4) is 0 Å². The zero-order valence-corrected chi connectivity index (χ0v) is 19.9. The van der Waals surface area contributed by atoms with Gasteiger partial charge in [-0.3, -0.25) is 14.5 Å². The number of thioether (sulfide) groups is 1. The summed E-state index contributed by atoms with van der Waals surface area (Å²) in [6, 6.07) is 12.8. The molecular formula is C24H25N3O6S. The van der Waals surface area contributed by atoms with E-state index in [2.05, 4.69) is 10.3 Å². The first-order valence-corrected chi connectivity index (χ1v) is 11.6. The molecule has 1 atom stereocenters. The molecule has 178 valence electrons. The predicted octanol–water partition coefficient (Wildman–Crippen LogP) is 3.63. The first-order valence-electron chi connectivity index (χ1n) is 10.7. The molecule has 0 radical (unpaired) electrons. The van der Waals surface area contributed by atoms with Gasteiger partial charge in [0.25, 0.3) is 0 Å². The van der Waals surface area contributed by atoms with Crippen LogP contribution in [0, 0.1) is 0 Å². The van der Waals surface area contributed by atoms with Gasteiger partial charge in [-0.2, -0.15) is 0 Å². The largest absolute Gasteiger partial charge is 0.465 e. The van der Waals surface area contributed by atoms with Crippen LogP contribution in [0.2, 0.25) is 0 Å². The Morgan fingerprint density at radius 2 is 1.65 bits per heavy atom. The first kappa shape index (κ1) is 25.0. The molecule has 10 heteroatoms. The van der Waals surface area contributed by atoms with Gasteiger partial charge in [0.1, 0.15) is 5.25 Å². The molecule has 1 aliphatic rings. The highest BCUT2D eigenvalue weighted by atomic mass is 32.2. The molecule has 2 aromatic rings. The van der Waals surface area contributed by atoms with Crippen LogP contribution in [0.5, 0.6) is 0 Å². The molecule has 0 aromatic heterocycles. The van der Waals surface area contributed by atoms with Crippen molar-refractivity contribution in [3.63, 3.8) is 0 Å². The second kappa shape index (κ2) is 11.5. The monoisotopic (exact) mass is 483 g/mol. The summed E-state index contributed by atoms with van der Waals surface area (Å²) in [5.74, 6) is -1.44. The summed E-state index contributed by atoms with van der Waals surface area (Å²) >= 11 is 1.20. The fourth-order valence-corrected chi connectivity index (χ4v) is 4.34. The highest BCUT2D eigenvalue weighted by Gasteiger charge is 2.35. The first-order chi connectivity index (χ1) is 16.4. The smallest absolute Gasteiger partial charge is 0.338 e. The molecule has 9 nitrogen and oxygen atoms in total. The van der Waals surface area contributed by atoms with Crippen LogP contribution in [0.3, 0.4) is 0 Å². The maximum atomic E-state index is 12.9. The minimum absolute atomic E-state index is 0.0333. The van der Waals surface area contributed by atoms with Crippen molar-refractivity contribution in [1.29, 1.82) is 0 Å². The van der Waals surface area contributed by atoms with Gasteiger partial charge in [-0.25, -0.2) is 14.6 Å². The van der Waals surface area contributed by atoms with Crippen LogP contribution >= 0.6 is 11.8 Å². The average Bonchev–Trinajstić information content (AvgIpc) is 2.84. The minimum Gasteiger partial charge on any atom is -0.465 e. The number of hydrogen-bond donors (Lipinski definition) is 1. The summed E-state index contributed by atoms with van der Waals surface area (Å²) in [5, 5.41) is 2.52. The van der Waals surface area contributed by atoms with Gasteiger partial charge in [-0.05, 0) is 62.4 Å². The lowest BCUT2D eigenvalue weighted by molar-refractivity contribution is -0.129. The Morgan fingerprint density at radius 3 is 2.24 bits per heavy atom. The van der Waals surface area contributed by atoms with Crippen molar-refractivity contribution in [3.05, 3.63) is 59.7 Å². The number of nitrogens with one attached hydrogen (secondary N) is 1. The summed E-state index contributed by atoms with van der Waals surface area (Å²) in [4.78, 5) is 55.0. The number of nitrogens with zero attached hydrogens (tertiary/aromatic N) is 2. The number of amidine groups is 1. The fraction of sp³-hybridized carbons (Fsp3) is 0.292. The molecule has 1 fully saturated rings. The van der Waals surface area contributed by atoms with Gasteiger partial charge in [-0.15, -0.1) is 0 Å². The van der Waals surface area contributed by atoms with E-state index in [4.69, 9.17) is 9.47 Å². The highest BCUT2D eigenvalue weighted by Crippen LogP contribution is 2.30. The van der Waals surface area contributed by atoms with Gasteiger partial charge in [-0.1, -0.05) is 11.8 Å². The number of methoxy groups -OCH3 is 1. The Labute approximate surface area is 201 Å². The standard InChI is InChI=1S/C24H25N3O6S/c1-4-27-20(28)14-19(21(29)25-17-10-8-16(9-11-17)23(31)33-5-2)34-24(27)26-18-12-6-15(7-13-18)22(30)32-3/h6-13,19H,4-5,14H2,1-3H3,(H,25,29). The third-order valence-corrected chi connectivity index (χ3v) is 6.11. The zero-order chi connectivity index (χ0) is 24.7. The van der Waals surface area contributed by atoms with E-state index < -0.39 is 17.2 Å². The number of aliphatic imine (C=N–C) groups is 1. The molecule has 3 rings (SSSR count). The molecule has 0 spiro atoms. The Bertz CT molecular complexity index is 1100. The summed E-state index contributed by atoms with van der Waals surface area (Å²) in [7, 11) is 1.31. The molecule has 2 aromatic carbocycles. The van der Waals surface area contributed by atoms with E-state index in [9.17, 15) is 19.2 Å². The van der Waals surface area contributed by atoms with E-state index in [1.165, 1.54) is 23.8 Å². The van der Waals surface area contributed by atoms with Crippen LogP contribution in [-0.4, -0.2) is 59.3 Å². The third-order valence-electron chi connectivity index (χ3n) is 4.93. The van der Waals surface area contributed by atoms with E-state index in [0.717, 1.165) is 0 Å². The second-order valence-corrected chi connectivity index (χ2v) is 8.34. The Kier molecular flexibility index (Phi) is 8.42. The van der Waals surface area contributed by atoms with Crippen molar-refractivity contribution < 1.29 is 28.7 Å². The number of benzene rings is 2. The highest BCUT2D eigenvalue weighted by molar-refractivity contribution is 8.15. The lowest BCUT2D eigenvalue weighted by Crippen LogP contribution is -2.45. The molecule has 1 N–H and O–H groups in total. The molecule has 0 aliphatic carbocycles. The number of ether oxygens (including phenoxy) is 2. The van der Waals surface area contributed by atoms with Gasteiger partial charge in [0.15, 0.2) is 5.17 Å². The van der Waals surface area contributed by atoms with Crippen LogP contribution in [0.25, 0.3) is 0 Å². The number of esters is 2.